The summed E-state index contributed by atoms with van der Waals surface area (Å²) in [7, 11) is 1.58. The number of likely N-dealkylation sites (N-methyl/N-ethyl adjacent to an activating group) is 1. The van der Waals surface area contributed by atoms with E-state index < -0.39 is 0 Å². The van der Waals surface area contributed by atoms with Gasteiger partial charge in [0.05, 0.1) is 22.9 Å². The summed E-state index contributed by atoms with van der Waals surface area (Å²) in [5.41, 5.74) is 2.52. The van der Waals surface area contributed by atoms with Gasteiger partial charge < -0.3 is 14.6 Å². The Balaban J connectivity index is 1.98. The first kappa shape index (κ1) is 16.2. The van der Waals surface area contributed by atoms with E-state index >= 15 is 0 Å². The van der Waals surface area contributed by atoms with E-state index in [1.165, 1.54) is 0 Å². The summed E-state index contributed by atoms with van der Waals surface area (Å²) in [6.45, 7) is 8.98. The van der Waals surface area contributed by atoms with E-state index in [-0.39, 0.29) is 18.3 Å². The van der Waals surface area contributed by atoms with Crippen LogP contribution in [0.4, 0.5) is 0 Å². The lowest BCUT2D eigenvalue weighted by molar-refractivity contribution is 0.00578. The Morgan fingerprint density at radius 2 is 1.96 bits per heavy atom. The van der Waals surface area contributed by atoms with Gasteiger partial charge in [-0.25, -0.2) is 0 Å². The Morgan fingerprint density at radius 1 is 1.26 bits per heavy atom. The molecule has 0 bridgehead atoms. The zero-order valence-electron chi connectivity index (χ0n) is 14.4. The molecule has 2 heterocycles. The lowest BCUT2D eigenvalue weighted by Gasteiger charge is -2.32. The highest BCUT2D eigenvalue weighted by molar-refractivity contribution is 6.56. The number of hydrogen-bond acceptors (Lipinski definition) is 4. The maximum absolute atomic E-state index is 6.19. The Labute approximate surface area is 137 Å². The Kier molecular flexibility index (Phi) is 4.08. The summed E-state index contributed by atoms with van der Waals surface area (Å²) in [6, 6.07) is 6.12. The molecular formula is C17H24BN3O2. The predicted octanol–water partition coefficient (Wildman–Crippen LogP) is 2.80. The molecule has 0 spiro atoms. The molecule has 3 rings (SSSR count). The van der Waals surface area contributed by atoms with E-state index in [1.54, 1.807) is 0 Å². The van der Waals surface area contributed by atoms with Gasteiger partial charge in [0.2, 0.25) is 0 Å². The molecule has 122 valence electrons. The topological polar surface area (TPSA) is 59.2 Å². The van der Waals surface area contributed by atoms with Crippen LogP contribution in [-0.4, -0.2) is 42.1 Å². The molecule has 0 radical (unpaired) electrons. The number of H-pyrrole nitrogens is 1. The monoisotopic (exact) mass is 313 g/mol. The SMILES string of the molecule is CNCC(=Cc1cccc2[nH]ncc12)B1OC(C)(C)C(C)(C)O1. The largest absolute Gasteiger partial charge is 0.491 e. The second-order valence-electron chi connectivity index (χ2n) is 7.02. The summed E-state index contributed by atoms with van der Waals surface area (Å²) < 4.78 is 12.4. The van der Waals surface area contributed by atoms with Crippen molar-refractivity contribution in [1.82, 2.24) is 15.5 Å². The average molecular weight is 313 g/mol. The van der Waals surface area contributed by atoms with Crippen molar-refractivity contribution in [2.24, 2.45) is 0 Å². The molecule has 23 heavy (non-hydrogen) atoms. The fourth-order valence-corrected chi connectivity index (χ4v) is 2.72. The van der Waals surface area contributed by atoms with Crippen LogP contribution in [-0.2, 0) is 9.31 Å². The van der Waals surface area contributed by atoms with Crippen LogP contribution in [0.1, 0.15) is 33.3 Å². The van der Waals surface area contributed by atoms with Gasteiger partial charge in [0, 0.05) is 11.9 Å². The zero-order valence-corrected chi connectivity index (χ0v) is 14.4. The van der Waals surface area contributed by atoms with Gasteiger partial charge in [-0.15, -0.1) is 0 Å². The lowest BCUT2D eigenvalue weighted by atomic mass is 9.76. The smallest absolute Gasteiger partial charge is 0.400 e. The highest BCUT2D eigenvalue weighted by Crippen LogP contribution is 2.38. The molecule has 1 aliphatic heterocycles. The normalized spacial score (nSPS) is 20.4. The number of benzene rings is 1. The van der Waals surface area contributed by atoms with Gasteiger partial charge in [-0.1, -0.05) is 18.2 Å². The van der Waals surface area contributed by atoms with E-state index in [2.05, 4.69) is 55.4 Å². The maximum atomic E-state index is 6.19. The van der Waals surface area contributed by atoms with Crippen molar-refractivity contribution >= 4 is 24.1 Å². The number of aromatic nitrogens is 2. The molecule has 2 aromatic rings. The number of rotatable bonds is 4. The van der Waals surface area contributed by atoms with E-state index in [9.17, 15) is 0 Å². The van der Waals surface area contributed by atoms with Gasteiger partial charge in [-0.05, 0) is 51.8 Å². The lowest BCUT2D eigenvalue weighted by Crippen LogP contribution is -2.41. The third-order valence-corrected chi connectivity index (χ3v) is 4.80. The van der Waals surface area contributed by atoms with Crippen molar-refractivity contribution in [2.45, 2.75) is 38.9 Å². The number of nitrogens with one attached hydrogen (secondary N) is 2. The molecule has 1 fully saturated rings. The molecule has 6 heteroatoms. The quantitative estimate of drug-likeness (QED) is 0.852. The van der Waals surface area contributed by atoms with Crippen molar-refractivity contribution in [3.63, 3.8) is 0 Å². The minimum atomic E-state index is -0.352. The molecule has 0 amide bonds. The van der Waals surface area contributed by atoms with Crippen LogP contribution in [0.5, 0.6) is 0 Å². The van der Waals surface area contributed by atoms with E-state index in [0.717, 1.165) is 21.9 Å². The Bertz CT molecular complexity index is 720. The van der Waals surface area contributed by atoms with Crippen molar-refractivity contribution in [3.05, 3.63) is 35.4 Å². The van der Waals surface area contributed by atoms with Gasteiger partial charge in [-0.2, -0.15) is 5.10 Å². The number of aromatic amines is 1. The summed E-state index contributed by atoms with van der Waals surface area (Å²) in [5.74, 6) is 0. The van der Waals surface area contributed by atoms with Gasteiger partial charge in [-0.3, -0.25) is 5.10 Å². The van der Waals surface area contributed by atoms with Crippen LogP contribution in [0.25, 0.3) is 17.0 Å². The first-order valence-electron chi connectivity index (χ1n) is 7.97. The highest BCUT2D eigenvalue weighted by Gasteiger charge is 2.52. The van der Waals surface area contributed by atoms with Crippen LogP contribution in [0.15, 0.2) is 29.9 Å². The minimum absolute atomic E-state index is 0.341. The minimum Gasteiger partial charge on any atom is -0.400 e. The van der Waals surface area contributed by atoms with Crippen LogP contribution in [0, 0.1) is 0 Å². The Morgan fingerprint density at radius 3 is 2.61 bits per heavy atom. The standard InChI is InChI=1S/C17H24BN3O2/c1-16(2)17(3,4)23-18(22-16)13(10-19-5)9-12-7-6-8-15-14(12)11-20-21-15/h6-9,11,19H,10H2,1-5H3,(H,20,21). The second kappa shape index (κ2) is 5.78. The molecular weight excluding hydrogens is 289 g/mol. The summed E-state index contributed by atoms with van der Waals surface area (Å²) >= 11 is 0. The third-order valence-electron chi connectivity index (χ3n) is 4.80. The van der Waals surface area contributed by atoms with Crippen molar-refractivity contribution < 1.29 is 9.31 Å². The molecule has 0 aliphatic carbocycles. The van der Waals surface area contributed by atoms with Crippen LogP contribution in [0.3, 0.4) is 0 Å². The molecule has 5 nitrogen and oxygen atoms in total. The predicted molar refractivity (Wildman–Crippen MR) is 94.1 cm³/mol. The molecule has 0 unspecified atom stereocenters. The molecule has 1 aromatic carbocycles. The maximum Gasteiger partial charge on any atom is 0.491 e. The number of fused-ring (bicyclic) bond motifs is 1. The van der Waals surface area contributed by atoms with Crippen molar-refractivity contribution in [1.29, 1.82) is 0 Å². The zero-order chi connectivity index (χ0) is 16.7. The van der Waals surface area contributed by atoms with Gasteiger partial charge in [0.15, 0.2) is 0 Å². The Hall–Kier alpha value is -1.63. The van der Waals surface area contributed by atoms with Crippen LogP contribution >= 0.6 is 0 Å². The second-order valence-corrected chi connectivity index (χ2v) is 7.02. The highest BCUT2D eigenvalue weighted by atomic mass is 16.7. The van der Waals surface area contributed by atoms with Crippen molar-refractivity contribution in [2.75, 3.05) is 13.6 Å². The van der Waals surface area contributed by atoms with E-state index in [0.29, 0.717) is 6.54 Å². The van der Waals surface area contributed by atoms with Gasteiger partial charge in [0.1, 0.15) is 0 Å². The molecule has 2 N–H and O–H groups in total. The number of hydrogen-bond donors (Lipinski definition) is 2. The molecule has 1 saturated heterocycles. The van der Waals surface area contributed by atoms with Gasteiger partial charge in [0.25, 0.3) is 0 Å². The summed E-state index contributed by atoms with van der Waals surface area (Å²) in [6.07, 6.45) is 3.99. The molecule has 1 aliphatic rings. The summed E-state index contributed by atoms with van der Waals surface area (Å²) in [5, 5.41) is 11.4. The molecule has 1 aromatic heterocycles. The fourth-order valence-electron chi connectivity index (χ4n) is 2.72. The summed E-state index contributed by atoms with van der Waals surface area (Å²) in [4.78, 5) is 0. The van der Waals surface area contributed by atoms with Crippen LogP contribution in [0.2, 0.25) is 0 Å². The fraction of sp³-hybridized carbons (Fsp3) is 0.471. The van der Waals surface area contributed by atoms with E-state index in [1.807, 2.05) is 25.4 Å². The first-order chi connectivity index (χ1) is 10.8. The number of nitrogens with zero attached hydrogens (tertiary/aromatic N) is 1. The third kappa shape index (κ3) is 2.94. The molecule has 0 saturated carbocycles. The van der Waals surface area contributed by atoms with E-state index in [4.69, 9.17) is 9.31 Å². The first-order valence-corrected chi connectivity index (χ1v) is 7.97. The van der Waals surface area contributed by atoms with Crippen molar-refractivity contribution in [3.8, 4) is 0 Å². The molecule has 0 atom stereocenters. The average Bonchev–Trinajstić information content (AvgIpc) is 3.02. The van der Waals surface area contributed by atoms with Gasteiger partial charge >= 0.3 is 7.12 Å². The van der Waals surface area contributed by atoms with Crippen LogP contribution < -0.4 is 5.32 Å².